The minimum Gasteiger partial charge on any atom is -0.450 e. The number of hydrogen-bond donors (Lipinski definition) is 1. The summed E-state index contributed by atoms with van der Waals surface area (Å²) in [6.07, 6.45) is 0.157. The van der Waals surface area contributed by atoms with Crippen LogP contribution in [-0.2, 0) is 10.3 Å². The summed E-state index contributed by atoms with van der Waals surface area (Å²) >= 11 is 5.92. The van der Waals surface area contributed by atoms with Crippen LogP contribution in [-0.4, -0.2) is 35.8 Å². The molecular formula is C16H22ClNO3. The number of aliphatic hydroxyl groups is 1. The zero-order chi connectivity index (χ0) is 15.7. The summed E-state index contributed by atoms with van der Waals surface area (Å²) in [6, 6.07) is 7.26. The van der Waals surface area contributed by atoms with Gasteiger partial charge in [-0.3, -0.25) is 0 Å². The first-order chi connectivity index (χ1) is 9.80. The van der Waals surface area contributed by atoms with Crippen LogP contribution in [0.5, 0.6) is 0 Å². The van der Waals surface area contributed by atoms with E-state index in [1.807, 2.05) is 26.0 Å². The van der Waals surface area contributed by atoms with E-state index in [4.69, 9.17) is 16.3 Å². The molecule has 4 nitrogen and oxygen atoms in total. The molecule has 116 valence electrons. The summed E-state index contributed by atoms with van der Waals surface area (Å²) in [5.74, 6) is 0. The van der Waals surface area contributed by atoms with E-state index in [2.05, 4.69) is 0 Å². The number of carbonyl (C=O) groups is 1. The normalized spacial score (nSPS) is 24.7. The highest BCUT2D eigenvalue weighted by atomic mass is 35.5. The van der Waals surface area contributed by atoms with Gasteiger partial charge in [0.05, 0.1) is 12.2 Å². The predicted molar refractivity (Wildman–Crippen MR) is 82.3 cm³/mol. The van der Waals surface area contributed by atoms with Crippen molar-refractivity contribution in [2.45, 2.75) is 32.8 Å². The van der Waals surface area contributed by atoms with Crippen LogP contribution >= 0.6 is 11.6 Å². The third kappa shape index (κ3) is 3.01. The lowest BCUT2D eigenvalue weighted by Crippen LogP contribution is -2.56. The quantitative estimate of drug-likeness (QED) is 0.910. The number of carbonyl (C=O) groups excluding carboxylic acids is 1. The van der Waals surface area contributed by atoms with E-state index in [0.717, 1.165) is 5.56 Å². The minimum atomic E-state index is -0.986. The van der Waals surface area contributed by atoms with Gasteiger partial charge in [0.2, 0.25) is 0 Å². The van der Waals surface area contributed by atoms with Gasteiger partial charge in [0.1, 0.15) is 0 Å². The SMILES string of the molecule is CCOC(=O)N1CCC(O)(c2ccc(Cl)cc2)C(C)(C)C1. The molecule has 0 bridgehead atoms. The lowest BCUT2D eigenvalue weighted by Gasteiger charge is -2.50. The molecule has 21 heavy (non-hydrogen) atoms. The molecule has 1 heterocycles. The first kappa shape index (κ1) is 16.1. The average molecular weight is 312 g/mol. The first-order valence-corrected chi connectivity index (χ1v) is 7.58. The van der Waals surface area contributed by atoms with Crippen molar-refractivity contribution < 1.29 is 14.6 Å². The number of amides is 1. The van der Waals surface area contributed by atoms with E-state index in [1.165, 1.54) is 0 Å². The van der Waals surface area contributed by atoms with E-state index < -0.39 is 11.0 Å². The molecule has 1 amide bonds. The monoisotopic (exact) mass is 311 g/mol. The maximum absolute atomic E-state index is 11.9. The zero-order valence-electron chi connectivity index (χ0n) is 12.7. The molecule has 1 aliphatic rings. The highest BCUT2D eigenvalue weighted by Crippen LogP contribution is 2.46. The lowest BCUT2D eigenvalue weighted by atomic mass is 9.66. The summed E-state index contributed by atoms with van der Waals surface area (Å²) in [4.78, 5) is 13.5. The van der Waals surface area contributed by atoms with Gasteiger partial charge in [-0.05, 0) is 31.0 Å². The van der Waals surface area contributed by atoms with E-state index in [9.17, 15) is 9.90 Å². The number of rotatable bonds is 2. The molecule has 2 rings (SSSR count). The molecule has 0 radical (unpaired) electrons. The summed E-state index contributed by atoms with van der Waals surface area (Å²) in [5.41, 5.74) is -0.632. The van der Waals surface area contributed by atoms with Gasteiger partial charge >= 0.3 is 6.09 Å². The van der Waals surface area contributed by atoms with E-state index in [0.29, 0.717) is 31.1 Å². The van der Waals surface area contributed by atoms with Crippen molar-refractivity contribution in [3.8, 4) is 0 Å². The van der Waals surface area contributed by atoms with Gasteiger partial charge in [-0.25, -0.2) is 4.79 Å². The standard InChI is InChI=1S/C16H22ClNO3/c1-4-21-14(19)18-10-9-16(20,15(2,3)11-18)12-5-7-13(17)8-6-12/h5-8,20H,4,9-11H2,1-3H3. The molecule has 1 aromatic rings. The Labute approximate surface area is 130 Å². The zero-order valence-corrected chi connectivity index (χ0v) is 13.5. The topological polar surface area (TPSA) is 49.8 Å². The van der Waals surface area contributed by atoms with Crippen molar-refractivity contribution in [1.82, 2.24) is 4.90 Å². The molecular weight excluding hydrogens is 290 g/mol. The third-order valence-corrected chi connectivity index (χ3v) is 4.55. The number of nitrogens with zero attached hydrogens (tertiary/aromatic N) is 1. The highest BCUT2D eigenvalue weighted by molar-refractivity contribution is 6.30. The highest BCUT2D eigenvalue weighted by Gasteiger charge is 2.49. The molecule has 1 aromatic carbocycles. The van der Waals surface area contributed by atoms with E-state index in [-0.39, 0.29) is 6.09 Å². The van der Waals surface area contributed by atoms with Crippen molar-refractivity contribution in [1.29, 1.82) is 0 Å². The van der Waals surface area contributed by atoms with Crippen LogP contribution in [0, 0.1) is 5.41 Å². The minimum absolute atomic E-state index is 0.316. The van der Waals surface area contributed by atoms with Crippen LogP contribution in [0.1, 0.15) is 32.8 Å². The van der Waals surface area contributed by atoms with Gasteiger partial charge < -0.3 is 14.7 Å². The first-order valence-electron chi connectivity index (χ1n) is 7.20. The second-order valence-corrected chi connectivity index (χ2v) is 6.56. The smallest absolute Gasteiger partial charge is 0.409 e. The second-order valence-electron chi connectivity index (χ2n) is 6.12. The molecule has 1 fully saturated rings. The van der Waals surface area contributed by atoms with Crippen molar-refractivity contribution in [2.24, 2.45) is 5.41 Å². The molecule has 1 aliphatic heterocycles. The fourth-order valence-corrected chi connectivity index (χ4v) is 3.08. The van der Waals surface area contributed by atoms with Gasteiger partial charge in [0, 0.05) is 23.5 Å². The molecule has 0 aliphatic carbocycles. The molecule has 1 saturated heterocycles. The van der Waals surface area contributed by atoms with Gasteiger partial charge in [0.25, 0.3) is 0 Å². The molecule has 0 spiro atoms. The van der Waals surface area contributed by atoms with Crippen LogP contribution in [0.2, 0.25) is 5.02 Å². The van der Waals surface area contributed by atoms with Gasteiger partial charge in [-0.2, -0.15) is 0 Å². The van der Waals surface area contributed by atoms with Crippen molar-refractivity contribution in [2.75, 3.05) is 19.7 Å². The Kier molecular flexibility index (Phi) is 4.49. The van der Waals surface area contributed by atoms with Crippen LogP contribution in [0.25, 0.3) is 0 Å². The third-order valence-electron chi connectivity index (χ3n) is 4.30. The van der Waals surface area contributed by atoms with Crippen LogP contribution in [0.4, 0.5) is 4.79 Å². The summed E-state index contributed by atoms with van der Waals surface area (Å²) < 4.78 is 5.05. The largest absolute Gasteiger partial charge is 0.450 e. The number of benzene rings is 1. The Morgan fingerprint density at radius 1 is 1.38 bits per heavy atom. The fraction of sp³-hybridized carbons (Fsp3) is 0.562. The summed E-state index contributed by atoms with van der Waals surface area (Å²) in [5, 5.41) is 11.8. The summed E-state index contributed by atoms with van der Waals surface area (Å²) in [7, 11) is 0. The fourth-order valence-electron chi connectivity index (χ4n) is 2.95. The Bertz CT molecular complexity index is 515. The van der Waals surface area contributed by atoms with Gasteiger partial charge in [-0.15, -0.1) is 0 Å². The molecule has 1 atom stereocenters. The van der Waals surface area contributed by atoms with Crippen molar-refractivity contribution in [3.05, 3.63) is 34.9 Å². The molecule has 0 aromatic heterocycles. The van der Waals surface area contributed by atoms with Gasteiger partial charge in [-0.1, -0.05) is 37.6 Å². The maximum Gasteiger partial charge on any atom is 0.409 e. The van der Waals surface area contributed by atoms with Crippen molar-refractivity contribution >= 4 is 17.7 Å². The molecule has 0 saturated carbocycles. The number of halogens is 1. The number of piperidine rings is 1. The van der Waals surface area contributed by atoms with Crippen LogP contribution < -0.4 is 0 Å². The van der Waals surface area contributed by atoms with Gasteiger partial charge in [0.15, 0.2) is 0 Å². The average Bonchev–Trinajstić information content (AvgIpc) is 2.42. The maximum atomic E-state index is 11.9. The Hall–Kier alpha value is -1.26. The number of likely N-dealkylation sites (tertiary alicyclic amines) is 1. The molecule has 1 N–H and O–H groups in total. The molecule has 1 unspecified atom stereocenters. The number of hydrogen-bond acceptors (Lipinski definition) is 3. The van der Waals surface area contributed by atoms with E-state index in [1.54, 1.807) is 24.0 Å². The van der Waals surface area contributed by atoms with Crippen LogP contribution in [0.15, 0.2) is 24.3 Å². The Balaban J connectivity index is 2.23. The van der Waals surface area contributed by atoms with E-state index >= 15 is 0 Å². The summed E-state index contributed by atoms with van der Waals surface area (Å²) in [6.45, 7) is 7.00. The van der Waals surface area contributed by atoms with Crippen molar-refractivity contribution in [3.63, 3.8) is 0 Å². The molecule has 5 heteroatoms. The Morgan fingerprint density at radius 2 is 2.00 bits per heavy atom. The Morgan fingerprint density at radius 3 is 2.52 bits per heavy atom. The predicted octanol–water partition coefficient (Wildman–Crippen LogP) is 3.42. The lowest BCUT2D eigenvalue weighted by molar-refractivity contribution is -0.120. The number of ether oxygens (including phenoxy) is 1. The van der Waals surface area contributed by atoms with Crippen LogP contribution in [0.3, 0.4) is 0 Å². The second kappa shape index (κ2) is 5.85.